The van der Waals surface area contributed by atoms with E-state index in [1.165, 1.54) is 17.1 Å². The van der Waals surface area contributed by atoms with Crippen LogP contribution >= 0.6 is 11.6 Å². The lowest BCUT2D eigenvalue weighted by molar-refractivity contribution is -0.141. The highest BCUT2D eigenvalue weighted by Gasteiger charge is 2.17. The molecule has 5 heteroatoms. The summed E-state index contributed by atoms with van der Waals surface area (Å²) < 4.78 is 1.35. The average Bonchev–Trinajstić information content (AvgIpc) is 2.37. The van der Waals surface area contributed by atoms with E-state index in [-0.39, 0.29) is 0 Å². The Morgan fingerprint density at radius 1 is 1.92 bits per heavy atom. The maximum atomic E-state index is 10.6. The molecule has 0 saturated heterocycles. The second kappa shape index (κ2) is 3.58. The van der Waals surface area contributed by atoms with Gasteiger partial charge in [0.25, 0.3) is 0 Å². The summed E-state index contributed by atoms with van der Waals surface area (Å²) in [6.07, 6.45) is 3.42. The quantitative estimate of drug-likeness (QED) is 0.784. The molecule has 66 valence electrons. The van der Waals surface area contributed by atoms with Crippen molar-refractivity contribution in [2.24, 2.45) is 0 Å². The first kappa shape index (κ1) is 9.06. The Kier molecular flexibility index (Phi) is 2.70. The molecule has 4 nitrogen and oxygen atoms in total. The van der Waals surface area contributed by atoms with Gasteiger partial charge in [0.1, 0.15) is 6.04 Å². The van der Waals surface area contributed by atoms with Gasteiger partial charge in [-0.05, 0) is 6.42 Å². The Morgan fingerprint density at radius 3 is 2.92 bits per heavy atom. The molecule has 1 N–H and O–H groups in total. The minimum Gasteiger partial charge on any atom is -0.480 e. The van der Waals surface area contributed by atoms with Gasteiger partial charge in [-0.1, -0.05) is 18.5 Å². The van der Waals surface area contributed by atoms with Crippen molar-refractivity contribution >= 4 is 17.6 Å². The molecule has 0 aliphatic heterocycles. The zero-order chi connectivity index (χ0) is 9.14. The highest BCUT2D eigenvalue weighted by atomic mass is 35.5. The van der Waals surface area contributed by atoms with Crippen LogP contribution in [0.3, 0.4) is 0 Å². The van der Waals surface area contributed by atoms with Gasteiger partial charge >= 0.3 is 5.97 Å². The molecule has 1 aromatic rings. The highest BCUT2D eigenvalue weighted by Crippen LogP contribution is 2.13. The predicted molar refractivity (Wildman–Crippen MR) is 44.2 cm³/mol. The summed E-state index contributed by atoms with van der Waals surface area (Å²) in [7, 11) is 0. The standard InChI is InChI=1S/C7H9ClN2O2/c1-2-6(7(11)12)10-4-5(8)3-9-10/h3-4,6H,2H2,1H3,(H,11,12)/t6-/m1/s1. The molecule has 1 heterocycles. The van der Waals surface area contributed by atoms with E-state index < -0.39 is 12.0 Å². The van der Waals surface area contributed by atoms with Crippen molar-refractivity contribution in [3.63, 3.8) is 0 Å². The summed E-state index contributed by atoms with van der Waals surface area (Å²) in [5.74, 6) is -0.891. The molecular weight excluding hydrogens is 180 g/mol. The van der Waals surface area contributed by atoms with Crippen LogP contribution in [-0.4, -0.2) is 20.9 Å². The van der Waals surface area contributed by atoms with Crippen LogP contribution in [0.5, 0.6) is 0 Å². The summed E-state index contributed by atoms with van der Waals surface area (Å²) in [5, 5.41) is 13.0. The van der Waals surface area contributed by atoms with Gasteiger partial charge in [-0.25, -0.2) is 4.79 Å². The Labute approximate surface area is 74.8 Å². The number of carboxylic acids is 1. The number of aromatic nitrogens is 2. The Hall–Kier alpha value is -1.03. The Bertz CT molecular complexity index is 285. The molecular formula is C7H9ClN2O2. The number of hydrogen-bond acceptors (Lipinski definition) is 2. The van der Waals surface area contributed by atoms with Gasteiger partial charge in [0.05, 0.1) is 11.2 Å². The van der Waals surface area contributed by atoms with E-state index in [2.05, 4.69) is 5.10 Å². The lowest BCUT2D eigenvalue weighted by atomic mass is 10.2. The van der Waals surface area contributed by atoms with E-state index in [1.807, 2.05) is 0 Å². The van der Waals surface area contributed by atoms with Crippen LogP contribution in [0, 0.1) is 0 Å². The van der Waals surface area contributed by atoms with Gasteiger partial charge in [0.15, 0.2) is 0 Å². The smallest absolute Gasteiger partial charge is 0.328 e. The van der Waals surface area contributed by atoms with Crippen LogP contribution in [0.15, 0.2) is 12.4 Å². The number of hydrogen-bond donors (Lipinski definition) is 1. The van der Waals surface area contributed by atoms with Crippen molar-refractivity contribution in [2.75, 3.05) is 0 Å². The number of rotatable bonds is 3. The fourth-order valence-electron chi connectivity index (χ4n) is 0.960. The SMILES string of the molecule is CC[C@H](C(=O)O)n1cc(Cl)cn1. The van der Waals surface area contributed by atoms with Crippen molar-refractivity contribution < 1.29 is 9.90 Å². The minimum absolute atomic E-state index is 0.453. The minimum atomic E-state index is -0.891. The zero-order valence-corrected chi connectivity index (χ0v) is 7.32. The Morgan fingerprint density at radius 2 is 2.58 bits per heavy atom. The number of halogens is 1. The van der Waals surface area contributed by atoms with E-state index in [9.17, 15) is 4.79 Å². The highest BCUT2D eigenvalue weighted by molar-refractivity contribution is 6.30. The summed E-state index contributed by atoms with van der Waals surface area (Å²) in [6.45, 7) is 1.79. The second-order valence-electron chi connectivity index (χ2n) is 2.40. The molecule has 0 aromatic carbocycles. The molecule has 0 spiro atoms. The number of carboxylic acid groups (broad SMARTS) is 1. The van der Waals surface area contributed by atoms with Crippen LogP contribution in [0.25, 0.3) is 0 Å². The summed E-state index contributed by atoms with van der Waals surface area (Å²) in [6, 6.07) is -0.613. The molecule has 1 atom stereocenters. The van der Waals surface area contributed by atoms with Gasteiger partial charge in [0.2, 0.25) is 0 Å². The van der Waals surface area contributed by atoms with Crippen molar-refractivity contribution in [2.45, 2.75) is 19.4 Å². The molecule has 0 aliphatic rings. The monoisotopic (exact) mass is 188 g/mol. The van der Waals surface area contributed by atoms with Gasteiger partial charge in [-0.3, -0.25) is 4.68 Å². The first-order valence-electron chi connectivity index (χ1n) is 3.57. The van der Waals surface area contributed by atoms with Crippen molar-refractivity contribution in [3.05, 3.63) is 17.4 Å². The van der Waals surface area contributed by atoms with Crippen LogP contribution in [0.2, 0.25) is 5.02 Å². The third-order valence-electron chi connectivity index (χ3n) is 1.56. The van der Waals surface area contributed by atoms with Gasteiger partial charge in [0, 0.05) is 6.20 Å². The average molecular weight is 189 g/mol. The van der Waals surface area contributed by atoms with Crippen LogP contribution in [-0.2, 0) is 4.79 Å². The summed E-state index contributed by atoms with van der Waals surface area (Å²) >= 11 is 5.59. The maximum absolute atomic E-state index is 10.6. The van der Waals surface area contributed by atoms with Gasteiger partial charge < -0.3 is 5.11 Å². The fraction of sp³-hybridized carbons (Fsp3) is 0.429. The lowest BCUT2D eigenvalue weighted by Gasteiger charge is -2.08. The zero-order valence-electron chi connectivity index (χ0n) is 6.57. The molecule has 12 heavy (non-hydrogen) atoms. The topological polar surface area (TPSA) is 55.1 Å². The Balaban J connectivity index is 2.87. The number of aliphatic carboxylic acids is 1. The molecule has 0 saturated carbocycles. The van der Waals surface area contributed by atoms with Crippen molar-refractivity contribution in [1.29, 1.82) is 0 Å². The van der Waals surface area contributed by atoms with E-state index >= 15 is 0 Å². The van der Waals surface area contributed by atoms with Crippen LogP contribution in [0.1, 0.15) is 19.4 Å². The molecule has 0 bridgehead atoms. The van der Waals surface area contributed by atoms with Crippen molar-refractivity contribution in [1.82, 2.24) is 9.78 Å². The summed E-state index contributed by atoms with van der Waals surface area (Å²) in [4.78, 5) is 10.6. The van der Waals surface area contributed by atoms with Crippen molar-refractivity contribution in [3.8, 4) is 0 Å². The largest absolute Gasteiger partial charge is 0.480 e. The molecule has 0 aliphatic carbocycles. The first-order valence-corrected chi connectivity index (χ1v) is 3.95. The molecule has 0 fully saturated rings. The van der Waals surface area contributed by atoms with E-state index in [4.69, 9.17) is 16.7 Å². The molecule has 0 radical (unpaired) electrons. The lowest BCUT2D eigenvalue weighted by Crippen LogP contribution is -2.18. The molecule has 0 amide bonds. The van der Waals surface area contributed by atoms with E-state index in [0.717, 1.165) is 0 Å². The fourth-order valence-corrected chi connectivity index (χ4v) is 1.10. The first-order chi connectivity index (χ1) is 5.65. The third kappa shape index (κ3) is 1.76. The second-order valence-corrected chi connectivity index (χ2v) is 2.84. The molecule has 0 unspecified atom stereocenters. The van der Waals surface area contributed by atoms with Crippen LogP contribution < -0.4 is 0 Å². The number of carbonyl (C=O) groups is 1. The van der Waals surface area contributed by atoms with Gasteiger partial charge in [-0.2, -0.15) is 5.10 Å². The van der Waals surface area contributed by atoms with E-state index in [0.29, 0.717) is 11.4 Å². The molecule has 1 aromatic heterocycles. The third-order valence-corrected chi connectivity index (χ3v) is 1.76. The van der Waals surface area contributed by atoms with Gasteiger partial charge in [-0.15, -0.1) is 0 Å². The number of nitrogens with zero attached hydrogens (tertiary/aromatic N) is 2. The normalized spacial score (nSPS) is 12.8. The van der Waals surface area contributed by atoms with Crippen LogP contribution in [0.4, 0.5) is 0 Å². The molecule has 1 rings (SSSR count). The summed E-state index contributed by atoms with van der Waals surface area (Å²) in [5.41, 5.74) is 0. The predicted octanol–water partition coefficient (Wildman–Crippen LogP) is 1.57. The van der Waals surface area contributed by atoms with E-state index in [1.54, 1.807) is 6.92 Å². The maximum Gasteiger partial charge on any atom is 0.328 e.